The molecular weight excluding hydrogens is 686 g/mol. The van der Waals surface area contributed by atoms with Gasteiger partial charge < -0.3 is 5.32 Å². The zero-order chi connectivity index (χ0) is 34.1. The second kappa shape index (κ2) is 13.5. The van der Waals surface area contributed by atoms with Crippen molar-refractivity contribution in [3.63, 3.8) is 0 Å². The van der Waals surface area contributed by atoms with Crippen LogP contribution in [0.5, 0.6) is 0 Å². The summed E-state index contributed by atoms with van der Waals surface area (Å²) in [6, 6.07) is 64.8. The van der Waals surface area contributed by atoms with Gasteiger partial charge in [0.2, 0.25) is 0 Å². The molecule has 0 saturated heterocycles. The summed E-state index contributed by atoms with van der Waals surface area (Å²) in [5, 5.41) is 12.4. The van der Waals surface area contributed by atoms with Crippen LogP contribution < -0.4 is 10.6 Å². The third-order valence-corrected chi connectivity index (χ3v) is 10.6. The highest BCUT2D eigenvalue weighted by molar-refractivity contribution is 9.10. The molecule has 0 aliphatic carbocycles. The third kappa shape index (κ3) is 6.03. The molecule has 2 atom stereocenters. The second-order valence-corrected chi connectivity index (χ2v) is 13.8. The van der Waals surface area contributed by atoms with E-state index in [1.54, 1.807) is 0 Å². The Balaban J connectivity index is 1.05. The van der Waals surface area contributed by atoms with Gasteiger partial charge in [-0.1, -0.05) is 192 Å². The van der Waals surface area contributed by atoms with Crippen LogP contribution in [0.4, 0.5) is 0 Å². The Morgan fingerprint density at radius 2 is 0.882 bits per heavy atom. The van der Waals surface area contributed by atoms with E-state index in [2.05, 4.69) is 196 Å². The fraction of sp³-hybridized carbons (Fsp3) is 0.0426. The second-order valence-electron chi connectivity index (χ2n) is 12.9. The molecule has 0 bridgehead atoms. The summed E-state index contributed by atoms with van der Waals surface area (Å²) in [6.07, 6.45) is -0.317. The van der Waals surface area contributed by atoms with Crippen LogP contribution >= 0.6 is 15.9 Å². The lowest BCUT2D eigenvalue weighted by Crippen LogP contribution is -2.44. The molecule has 1 heterocycles. The quantitative estimate of drug-likeness (QED) is 0.179. The average molecular weight is 721 g/mol. The van der Waals surface area contributed by atoms with Crippen LogP contribution in [-0.4, -0.2) is 5.84 Å². The Labute approximate surface area is 306 Å². The van der Waals surface area contributed by atoms with Crippen LogP contribution in [0, 0.1) is 0 Å². The van der Waals surface area contributed by atoms with Crippen molar-refractivity contribution in [1.82, 2.24) is 10.6 Å². The van der Waals surface area contributed by atoms with Crippen LogP contribution in [0.15, 0.2) is 191 Å². The monoisotopic (exact) mass is 719 g/mol. The molecule has 1 aliphatic heterocycles. The van der Waals surface area contributed by atoms with Gasteiger partial charge in [0.25, 0.3) is 0 Å². The molecule has 1 aliphatic rings. The molecule has 2 unspecified atom stereocenters. The molecular formula is C47H34BrN3. The van der Waals surface area contributed by atoms with Gasteiger partial charge in [0.1, 0.15) is 18.2 Å². The van der Waals surface area contributed by atoms with Gasteiger partial charge in [0.15, 0.2) is 0 Å². The van der Waals surface area contributed by atoms with Gasteiger partial charge >= 0.3 is 0 Å². The third-order valence-electron chi connectivity index (χ3n) is 9.88. The molecule has 4 heteroatoms. The van der Waals surface area contributed by atoms with Crippen molar-refractivity contribution in [1.29, 1.82) is 0 Å². The van der Waals surface area contributed by atoms with Crippen LogP contribution in [0.25, 0.3) is 54.9 Å². The van der Waals surface area contributed by atoms with Crippen molar-refractivity contribution in [2.24, 2.45) is 4.99 Å². The van der Waals surface area contributed by atoms with E-state index in [9.17, 15) is 0 Å². The van der Waals surface area contributed by atoms with Crippen LogP contribution in [0.1, 0.15) is 29.0 Å². The highest BCUT2D eigenvalue weighted by atomic mass is 79.9. The van der Waals surface area contributed by atoms with Crippen LogP contribution in [0.3, 0.4) is 0 Å². The minimum atomic E-state index is -0.188. The maximum absolute atomic E-state index is 5.15. The van der Waals surface area contributed by atoms with Crippen molar-refractivity contribution in [2.75, 3.05) is 0 Å². The number of amidine groups is 1. The zero-order valence-electron chi connectivity index (χ0n) is 27.8. The lowest BCUT2D eigenvalue weighted by Gasteiger charge is -2.32. The molecule has 0 radical (unpaired) electrons. The summed E-state index contributed by atoms with van der Waals surface area (Å²) >= 11 is 3.76. The first-order valence-corrected chi connectivity index (χ1v) is 18.1. The number of hydrogen-bond donors (Lipinski definition) is 2. The van der Waals surface area contributed by atoms with Gasteiger partial charge in [-0.2, -0.15) is 0 Å². The van der Waals surface area contributed by atoms with Crippen molar-refractivity contribution < 1.29 is 0 Å². The highest BCUT2D eigenvalue weighted by Crippen LogP contribution is 2.40. The molecule has 8 aromatic rings. The number of nitrogens with zero attached hydrogens (tertiary/aromatic N) is 1. The number of fused-ring (bicyclic) bond motifs is 2. The van der Waals surface area contributed by atoms with E-state index in [0.717, 1.165) is 27.0 Å². The van der Waals surface area contributed by atoms with Gasteiger partial charge in [0, 0.05) is 10.0 Å². The number of nitrogens with one attached hydrogen (secondary N) is 2. The maximum Gasteiger partial charge on any atom is 0.131 e. The molecule has 244 valence electrons. The molecule has 0 spiro atoms. The predicted octanol–water partition coefficient (Wildman–Crippen LogP) is 12.1. The van der Waals surface area contributed by atoms with E-state index in [4.69, 9.17) is 4.99 Å². The molecule has 51 heavy (non-hydrogen) atoms. The molecule has 3 nitrogen and oxygen atoms in total. The summed E-state index contributed by atoms with van der Waals surface area (Å²) in [4.78, 5) is 5.15. The molecule has 8 aromatic carbocycles. The number of aliphatic imine (C=N–C) groups is 1. The Kier molecular flexibility index (Phi) is 8.25. The van der Waals surface area contributed by atoms with Crippen molar-refractivity contribution in [2.45, 2.75) is 12.3 Å². The van der Waals surface area contributed by atoms with E-state index >= 15 is 0 Å². The van der Waals surface area contributed by atoms with Gasteiger partial charge in [-0.25, -0.2) is 4.99 Å². The summed E-state index contributed by atoms with van der Waals surface area (Å²) in [5.41, 5.74) is 10.6. The molecule has 0 aromatic heterocycles. The Hall–Kier alpha value is -5.81. The highest BCUT2D eigenvalue weighted by Gasteiger charge is 2.25. The van der Waals surface area contributed by atoms with Crippen molar-refractivity contribution in [3.8, 4) is 33.4 Å². The zero-order valence-corrected chi connectivity index (χ0v) is 29.4. The standard InChI is InChI=1S/C47H34BrN3/c48-44-30-29-42(40-17-9-10-18-43(40)44)41-28-27-37(38-15-7-8-16-39(38)41)33-21-25-36(26-22-33)47-50-45(34-13-5-2-6-14-34)49-46(51-47)35-23-19-32(20-24-35)31-11-3-1-4-12-31/h1-30,45,47,50H,(H,49,51). The first-order valence-electron chi connectivity index (χ1n) is 17.3. The Bertz CT molecular complexity index is 2530. The first kappa shape index (κ1) is 31.2. The fourth-order valence-electron chi connectivity index (χ4n) is 7.27. The van der Waals surface area contributed by atoms with Gasteiger partial charge in [-0.05, 0) is 72.1 Å². The van der Waals surface area contributed by atoms with E-state index in [0.29, 0.717) is 0 Å². The lowest BCUT2D eigenvalue weighted by atomic mass is 9.90. The lowest BCUT2D eigenvalue weighted by molar-refractivity contribution is 0.409. The summed E-state index contributed by atoms with van der Waals surface area (Å²) in [7, 11) is 0. The van der Waals surface area contributed by atoms with Crippen LogP contribution in [0.2, 0.25) is 0 Å². The van der Waals surface area contributed by atoms with Gasteiger partial charge in [-0.15, -0.1) is 0 Å². The van der Waals surface area contributed by atoms with Crippen molar-refractivity contribution in [3.05, 3.63) is 203 Å². The number of rotatable bonds is 6. The molecule has 0 saturated carbocycles. The molecule has 0 fully saturated rings. The SMILES string of the molecule is Brc1ccc(-c2ccc(-c3ccc(C4NC(c5ccc(-c6ccccc6)cc5)=NC(c5ccccc5)N4)cc3)c3ccccc23)c2ccccc12. The van der Waals surface area contributed by atoms with Gasteiger partial charge in [-0.3, -0.25) is 5.32 Å². The number of hydrogen-bond acceptors (Lipinski definition) is 3. The normalized spacial score (nSPS) is 15.7. The topological polar surface area (TPSA) is 36.4 Å². The van der Waals surface area contributed by atoms with Crippen molar-refractivity contribution >= 4 is 43.3 Å². The fourth-order valence-corrected chi connectivity index (χ4v) is 7.75. The number of halogens is 1. The number of benzene rings is 8. The Morgan fingerprint density at radius 3 is 1.57 bits per heavy atom. The predicted molar refractivity (Wildman–Crippen MR) is 217 cm³/mol. The first-order chi connectivity index (χ1) is 25.2. The summed E-state index contributed by atoms with van der Waals surface area (Å²) in [6.45, 7) is 0. The minimum Gasteiger partial charge on any atom is -0.350 e. The largest absolute Gasteiger partial charge is 0.350 e. The summed E-state index contributed by atoms with van der Waals surface area (Å²) < 4.78 is 1.11. The summed E-state index contributed by atoms with van der Waals surface area (Å²) in [5.74, 6) is 0.873. The molecule has 0 amide bonds. The van der Waals surface area contributed by atoms with E-state index in [1.165, 1.54) is 54.9 Å². The average Bonchev–Trinajstić information content (AvgIpc) is 3.21. The smallest absolute Gasteiger partial charge is 0.131 e. The Morgan fingerprint density at radius 1 is 0.392 bits per heavy atom. The maximum atomic E-state index is 5.15. The van der Waals surface area contributed by atoms with Gasteiger partial charge in [0.05, 0.1) is 0 Å². The molecule has 9 rings (SSSR count). The van der Waals surface area contributed by atoms with E-state index < -0.39 is 0 Å². The minimum absolute atomic E-state index is 0.129. The van der Waals surface area contributed by atoms with E-state index in [-0.39, 0.29) is 12.3 Å². The molecule has 2 N–H and O–H groups in total. The van der Waals surface area contributed by atoms with Crippen LogP contribution in [-0.2, 0) is 0 Å². The van der Waals surface area contributed by atoms with E-state index in [1.807, 2.05) is 12.1 Å².